The van der Waals surface area contributed by atoms with Gasteiger partial charge in [-0.15, -0.1) is 0 Å². The maximum atomic E-state index is 13.4. The number of ether oxygens (including phenoxy) is 3. The molecule has 0 aliphatic carbocycles. The van der Waals surface area contributed by atoms with Crippen LogP contribution in [0.15, 0.2) is 107 Å². The number of halogens is 2. The molecule has 456 valence electrons. The molecule has 4 aromatic carbocycles. The van der Waals surface area contributed by atoms with E-state index in [-0.39, 0.29) is 91.1 Å². The van der Waals surface area contributed by atoms with Gasteiger partial charge in [0.2, 0.25) is 11.9 Å². The van der Waals surface area contributed by atoms with Crippen molar-refractivity contribution >= 4 is 58.8 Å². The monoisotopic (exact) mass is 1230 g/mol. The van der Waals surface area contributed by atoms with Gasteiger partial charge in [0.1, 0.15) is 34.5 Å². The Balaban J connectivity index is 0.000000220. The fourth-order valence-corrected chi connectivity index (χ4v) is 9.89. The second kappa shape index (κ2) is 29.3. The molecule has 2 aliphatic rings. The van der Waals surface area contributed by atoms with Gasteiger partial charge in [-0.3, -0.25) is 19.6 Å². The lowest BCUT2D eigenvalue weighted by atomic mass is 9.96. The van der Waals surface area contributed by atoms with Crippen molar-refractivity contribution in [2.75, 3.05) is 69.9 Å². The molecule has 0 unspecified atom stereocenters. The molecule has 0 saturated carbocycles. The second-order valence-electron chi connectivity index (χ2n) is 19.6. The highest BCUT2D eigenvalue weighted by Crippen LogP contribution is 2.45. The van der Waals surface area contributed by atoms with Crippen LogP contribution in [-0.4, -0.2) is 145 Å². The molecule has 8 aromatic rings. The van der Waals surface area contributed by atoms with E-state index in [0.717, 1.165) is 37.8 Å². The molecule has 2 aliphatic heterocycles. The zero-order chi connectivity index (χ0) is 62.3. The Bertz CT molecular complexity index is 3670. The number of amides is 3. The summed E-state index contributed by atoms with van der Waals surface area (Å²) in [6.07, 6.45) is 8.72. The first-order valence-electron chi connectivity index (χ1n) is 26.9. The molecule has 0 radical (unpaired) electrons. The maximum absolute atomic E-state index is 13.4. The molecular weight excluding hydrogens is 1180 g/mol. The SMILES string of the molecule is CCOC(=O)c1cnc(N2CCC(CNC(=O)c3noc(-c4cc(Cl)c(O)cc4O)c3-c3ccc(OC)cc3)CC2)nc1.COc1ccc(-c2c(C(=O)NCC3CCN(c4ncc(C(=O)NO)cn4)CC3)noc2-c2cc(Cl)c(O)cc2O)cc1.NO. The first kappa shape index (κ1) is 63.2. The van der Waals surface area contributed by atoms with E-state index < -0.39 is 23.7 Å². The van der Waals surface area contributed by atoms with Gasteiger partial charge in [-0.1, -0.05) is 57.8 Å². The van der Waals surface area contributed by atoms with Gasteiger partial charge in [0.15, 0.2) is 22.9 Å². The largest absolute Gasteiger partial charge is 0.507 e. The summed E-state index contributed by atoms with van der Waals surface area (Å²) in [5.41, 5.74) is 4.29. The lowest BCUT2D eigenvalue weighted by Gasteiger charge is -2.32. The van der Waals surface area contributed by atoms with Gasteiger partial charge >= 0.3 is 5.97 Å². The minimum Gasteiger partial charge on any atom is -0.507 e. The van der Waals surface area contributed by atoms with Crippen LogP contribution in [0.25, 0.3) is 44.9 Å². The molecule has 87 heavy (non-hydrogen) atoms. The van der Waals surface area contributed by atoms with E-state index in [1.54, 1.807) is 75.2 Å². The smallest absolute Gasteiger partial charge is 0.341 e. The number of aromatic hydroxyl groups is 4. The molecule has 29 heteroatoms. The summed E-state index contributed by atoms with van der Waals surface area (Å²) in [7, 11) is 3.09. The van der Waals surface area contributed by atoms with E-state index in [1.165, 1.54) is 36.9 Å². The third-order valence-electron chi connectivity index (χ3n) is 14.2. The summed E-state index contributed by atoms with van der Waals surface area (Å²) >= 11 is 12.2. The number of hydroxylamine groups is 1. The summed E-state index contributed by atoms with van der Waals surface area (Å²) in [6, 6.07) is 18.8. The van der Waals surface area contributed by atoms with Gasteiger partial charge in [-0.2, -0.15) is 0 Å². The molecule has 27 nitrogen and oxygen atoms in total. The fourth-order valence-electron chi connectivity index (χ4n) is 9.56. The summed E-state index contributed by atoms with van der Waals surface area (Å²) in [5, 5.41) is 70.1. The van der Waals surface area contributed by atoms with Crippen molar-refractivity contribution in [3.63, 3.8) is 0 Å². The van der Waals surface area contributed by atoms with Gasteiger partial charge in [0, 0.05) is 76.2 Å². The van der Waals surface area contributed by atoms with E-state index in [0.29, 0.717) is 90.5 Å². The predicted octanol–water partition coefficient (Wildman–Crippen LogP) is 7.67. The van der Waals surface area contributed by atoms with Crippen molar-refractivity contribution in [2.45, 2.75) is 32.6 Å². The molecule has 4 aromatic heterocycles. The number of piperidine rings is 2. The second-order valence-corrected chi connectivity index (χ2v) is 20.4. The number of nitrogens with one attached hydrogen (secondary N) is 3. The number of anilines is 2. The zero-order valence-electron chi connectivity index (χ0n) is 46.9. The molecule has 10 rings (SSSR count). The number of phenols is 4. The van der Waals surface area contributed by atoms with Crippen LogP contribution in [0.1, 0.15) is 74.3 Å². The Hall–Kier alpha value is -9.80. The van der Waals surface area contributed by atoms with Crippen LogP contribution < -0.4 is 41.3 Å². The summed E-state index contributed by atoms with van der Waals surface area (Å²) in [4.78, 5) is 71.2. The molecule has 11 N–H and O–H groups in total. The minimum atomic E-state index is -0.686. The number of esters is 1. The highest BCUT2D eigenvalue weighted by atomic mass is 35.5. The number of carbonyl (C=O) groups excluding carboxylic acids is 4. The first-order valence-corrected chi connectivity index (χ1v) is 27.6. The van der Waals surface area contributed by atoms with Crippen LogP contribution in [0, 0.1) is 11.8 Å². The number of aromatic nitrogens is 6. The molecule has 2 saturated heterocycles. The van der Waals surface area contributed by atoms with E-state index in [4.69, 9.17) is 56.9 Å². The molecule has 0 atom stereocenters. The Morgan fingerprint density at radius 3 is 1.32 bits per heavy atom. The molecular formula is C58H60Cl2N12O15. The van der Waals surface area contributed by atoms with Crippen molar-refractivity contribution in [3.05, 3.63) is 130 Å². The quantitative estimate of drug-likeness (QED) is 0.0237. The van der Waals surface area contributed by atoms with Crippen LogP contribution in [0.2, 0.25) is 10.0 Å². The van der Waals surface area contributed by atoms with Crippen molar-refractivity contribution in [1.29, 1.82) is 0 Å². The number of hydrogen-bond donors (Lipinski definition) is 10. The Kier molecular flexibility index (Phi) is 21.3. The van der Waals surface area contributed by atoms with Gasteiger partial charge in [0.25, 0.3) is 17.7 Å². The van der Waals surface area contributed by atoms with Crippen LogP contribution in [0.5, 0.6) is 34.5 Å². The third-order valence-corrected chi connectivity index (χ3v) is 14.8. The van der Waals surface area contributed by atoms with Gasteiger partial charge in [-0.25, -0.2) is 36.1 Å². The number of nitrogens with two attached hydrogens (primary N) is 1. The molecule has 3 amide bonds. The summed E-state index contributed by atoms with van der Waals surface area (Å²) < 4.78 is 26.6. The van der Waals surface area contributed by atoms with E-state index >= 15 is 0 Å². The molecule has 2 fully saturated rings. The standard InChI is InChI=1S/C30H30ClN5O7.C28H27ClN6O7.H3NO/c1-3-42-29(40)19-15-33-30(34-16-19)36-10-8-17(9-11-36)14-32-28(39)26-25(18-4-6-20(41-2)7-5-18)27(43-35-26)21-12-22(31)24(38)13-23(21)37;1-41-18-4-2-16(3-5-18)23-24(34-42-25(23)19-10-20(29)22(37)11-21(19)36)27(39)30-12-15-6-8-35(9-7-15)28-31-13-17(14-32-28)26(38)33-40;1-2/h4-7,12-13,15-17,37-38H,3,8-11,14H2,1-2H3,(H,32,39);2-5,10-11,13-15,36-37,40H,6-9,12H2,1H3,(H,30,39)(H,33,38);2H,1H2. The van der Waals surface area contributed by atoms with Gasteiger partial charge in [-0.05, 0) is 92.0 Å². The number of nitrogens with zero attached hydrogens (tertiary/aromatic N) is 8. The molecule has 0 spiro atoms. The lowest BCUT2D eigenvalue weighted by Crippen LogP contribution is -2.39. The van der Waals surface area contributed by atoms with Crippen molar-refractivity contribution in [1.82, 2.24) is 46.4 Å². The van der Waals surface area contributed by atoms with Gasteiger partial charge < -0.3 is 69.3 Å². The topological polar surface area (TPSA) is 390 Å². The molecule has 6 heterocycles. The number of benzene rings is 4. The number of rotatable bonds is 17. The Labute approximate surface area is 506 Å². The summed E-state index contributed by atoms with van der Waals surface area (Å²) in [6.45, 7) is 5.50. The highest BCUT2D eigenvalue weighted by molar-refractivity contribution is 6.32. The zero-order valence-corrected chi connectivity index (χ0v) is 48.5. The number of methoxy groups -OCH3 is 2. The van der Waals surface area contributed by atoms with Crippen molar-refractivity contribution in [2.24, 2.45) is 17.7 Å². The van der Waals surface area contributed by atoms with Crippen LogP contribution in [0.4, 0.5) is 11.9 Å². The van der Waals surface area contributed by atoms with E-state index in [2.05, 4.69) is 46.8 Å². The predicted molar refractivity (Wildman–Crippen MR) is 314 cm³/mol. The maximum Gasteiger partial charge on any atom is 0.341 e. The van der Waals surface area contributed by atoms with Gasteiger partial charge in [0.05, 0.1) is 64.3 Å². The fraction of sp³-hybridized carbons (Fsp3) is 0.276. The normalized spacial score (nSPS) is 13.3. The number of phenolic OH excluding ortho intramolecular Hbond substituents is 4. The number of hydrogen-bond acceptors (Lipinski definition) is 24. The highest BCUT2D eigenvalue weighted by Gasteiger charge is 2.31. The minimum absolute atomic E-state index is 0.00238. The van der Waals surface area contributed by atoms with Crippen molar-refractivity contribution < 1.29 is 73.3 Å². The number of carbonyl (C=O) groups is 4. The van der Waals surface area contributed by atoms with Crippen LogP contribution >= 0.6 is 23.2 Å². The van der Waals surface area contributed by atoms with Crippen LogP contribution in [-0.2, 0) is 4.74 Å². The lowest BCUT2D eigenvalue weighted by molar-refractivity contribution is 0.0524. The molecule has 0 bridgehead atoms. The van der Waals surface area contributed by atoms with E-state index in [9.17, 15) is 39.6 Å². The average molecular weight is 1240 g/mol. The van der Waals surface area contributed by atoms with Crippen LogP contribution in [0.3, 0.4) is 0 Å². The average Bonchev–Trinajstić information content (AvgIpc) is 1.85. The Morgan fingerprint density at radius 1 is 0.586 bits per heavy atom. The summed E-state index contributed by atoms with van der Waals surface area (Å²) in [5.74, 6) is 3.15. The first-order chi connectivity index (χ1) is 42.1. The Morgan fingerprint density at radius 2 is 0.966 bits per heavy atom. The van der Waals surface area contributed by atoms with E-state index in [1.807, 2.05) is 9.80 Å². The third kappa shape index (κ3) is 15.0. The van der Waals surface area contributed by atoms with Crippen molar-refractivity contribution in [3.8, 4) is 79.4 Å².